The highest BCUT2D eigenvalue weighted by Crippen LogP contribution is 2.26. The molecule has 1 aromatic carbocycles. The quantitative estimate of drug-likeness (QED) is 0.728. The molecule has 0 saturated carbocycles. The minimum absolute atomic E-state index is 0.0624. The fraction of sp³-hybridized carbons (Fsp3) is 0.333. The molecule has 0 N–H and O–H groups in total. The van der Waals surface area contributed by atoms with Gasteiger partial charge in [0.05, 0.1) is 23.5 Å². The van der Waals surface area contributed by atoms with E-state index in [0.29, 0.717) is 11.5 Å². The Kier molecular flexibility index (Phi) is 4.86. The molecular formula is C21H22N4O. The lowest BCUT2D eigenvalue weighted by molar-refractivity contribution is 0.0759. The first kappa shape index (κ1) is 16.6. The lowest BCUT2D eigenvalue weighted by Gasteiger charge is -2.20. The predicted octanol–water partition coefficient (Wildman–Crippen LogP) is 3.51. The van der Waals surface area contributed by atoms with Crippen molar-refractivity contribution >= 4 is 16.8 Å². The van der Waals surface area contributed by atoms with Crippen molar-refractivity contribution in [1.29, 1.82) is 0 Å². The van der Waals surface area contributed by atoms with Gasteiger partial charge in [-0.05, 0) is 49.3 Å². The van der Waals surface area contributed by atoms with E-state index in [1.165, 1.54) is 10.9 Å². The van der Waals surface area contributed by atoms with Crippen LogP contribution in [0.25, 0.3) is 10.9 Å². The van der Waals surface area contributed by atoms with Crippen LogP contribution in [0.3, 0.4) is 0 Å². The summed E-state index contributed by atoms with van der Waals surface area (Å²) in [5.74, 6) is 0.642. The van der Waals surface area contributed by atoms with Crippen LogP contribution in [0.15, 0.2) is 55.0 Å². The number of pyridine rings is 1. The van der Waals surface area contributed by atoms with Crippen molar-refractivity contribution in [2.24, 2.45) is 5.92 Å². The Bertz CT molecular complexity index is 891. The SMILES string of the molecule is O=C(c1ccnnc1)N1CCCC(Cc2cccc3cccnc23)CC1. The molecule has 3 heterocycles. The molecule has 0 radical (unpaired) electrons. The largest absolute Gasteiger partial charge is 0.339 e. The summed E-state index contributed by atoms with van der Waals surface area (Å²) in [4.78, 5) is 19.2. The second-order valence-electron chi connectivity index (χ2n) is 6.92. The molecule has 132 valence electrons. The molecule has 1 fully saturated rings. The summed E-state index contributed by atoms with van der Waals surface area (Å²) in [5, 5.41) is 8.76. The van der Waals surface area contributed by atoms with Crippen molar-refractivity contribution < 1.29 is 4.79 Å². The maximum atomic E-state index is 12.6. The number of carbonyl (C=O) groups excluding carboxylic acids is 1. The highest BCUT2D eigenvalue weighted by Gasteiger charge is 2.22. The van der Waals surface area contributed by atoms with Crippen LogP contribution in [0.1, 0.15) is 35.2 Å². The summed E-state index contributed by atoms with van der Waals surface area (Å²) in [6.45, 7) is 1.61. The topological polar surface area (TPSA) is 59.0 Å². The minimum atomic E-state index is 0.0624. The monoisotopic (exact) mass is 346 g/mol. The van der Waals surface area contributed by atoms with E-state index in [2.05, 4.69) is 39.4 Å². The molecule has 26 heavy (non-hydrogen) atoms. The fourth-order valence-corrected chi connectivity index (χ4v) is 3.82. The van der Waals surface area contributed by atoms with E-state index in [1.54, 1.807) is 18.5 Å². The van der Waals surface area contributed by atoms with E-state index in [4.69, 9.17) is 0 Å². The normalized spacial score (nSPS) is 17.8. The van der Waals surface area contributed by atoms with Crippen molar-refractivity contribution in [3.63, 3.8) is 0 Å². The van der Waals surface area contributed by atoms with Gasteiger partial charge in [-0.2, -0.15) is 10.2 Å². The number of hydrogen-bond acceptors (Lipinski definition) is 4. The molecule has 0 spiro atoms. The van der Waals surface area contributed by atoms with Gasteiger partial charge >= 0.3 is 0 Å². The molecule has 1 atom stereocenters. The van der Waals surface area contributed by atoms with Gasteiger partial charge in [-0.3, -0.25) is 9.78 Å². The van der Waals surface area contributed by atoms with Crippen molar-refractivity contribution in [1.82, 2.24) is 20.1 Å². The number of benzene rings is 1. The van der Waals surface area contributed by atoms with Gasteiger partial charge in [-0.25, -0.2) is 0 Å². The van der Waals surface area contributed by atoms with E-state index < -0.39 is 0 Å². The summed E-state index contributed by atoms with van der Waals surface area (Å²) < 4.78 is 0. The van der Waals surface area contributed by atoms with Gasteiger partial charge < -0.3 is 4.90 Å². The third-order valence-electron chi connectivity index (χ3n) is 5.19. The Morgan fingerprint density at radius 3 is 2.85 bits per heavy atom. The first-order valence-electron chi connectivity index (χ1n) is 9.20. The number of hydrogen-bond donors (Lipinski definition) is 0. The second kappa shape index (κ2) is 7.60. The predicted molar refractivity (Wildman–Crippen MR) is 101 cm³/mol. The van der Waals surface area contributed by atoms with Crippen molar-refractivity contribution in [3.05, 3.63) is 66.1 Å². The Labute approximate surface area is 153 Å². The van der Waals surface area contributed by atoms with Crippen LogP contribution in [0, 0.1) is 5.92 Å². The van der Waals surface area contributed by atoms with E-state index in [0.717, 1.165) is 44.3 Å². The molecule has 1 aliphatic heterocycles. The Morgan fingerprint density at radius 2 is 1.96 bits per heavy atom. The van der Waals surface area contributed by atoms with Gasteiger partial charge in [-0.1, -0.05) is 24.3 Å². The lowest BCUT2D eigenvalue weighted by Crippen LogP contribution is -2.32. The molecule has 0 aliphatic carbocycles. The molecule has 1 saturated heterocycles. The average molecular weight is 346 g/mol. The lowest BCUT2D eigenvalue weighted by atomic mass is 9.91. The fourth-order valence-electron chi connectivity index (χ4n) is 3.82. The van der Waals surface area contributed by atoms with Crippen molar-refractivity contribution in [2.45, 2.75) is 25.7 Å². The van der Waals surface area contributed by atoms with Gasteiger partial charge in [0.1, 0.15) is 0 Å². The van der Waals surface area contributed by atoms with Crippen LogP contribution >= 0.6 is 0 Å². The Hall–Kier alpha value is -2.82. The standard InChI is InChI=1S/C21H22N4O/c26-21(19-8-11-23-24-15-19)25-12-3-4-16(9-13-25)14-18-6-1-5-17-7-2-10-22-20(17)18/h1-2,5-8,10-11,15-16H,3-4,9,12-14H2. The third-order valence-corrected chi connectivity index (χ3v) is 5.19. The van der Waals surface area contributed by atoms with E-state index >= 15 is 0 Å². The molecule has 1 aliphatic rings. The maximum absolute atomic E-state index is 12.6. The van der Waals surface area contributed by atoms with Crippen LogP contribution < -0.4 is 0 Å². The van der Waals surface area contributed by atoms with E-state index in [9.17, 15) is 4.79 Å². The van der Waals surface area contributed by atoms with Crippen LogP contribution in [0.2, 0.25) is 0 Å². The number of amides is 1. The van der Waals surface area contributed by atoms with Gasteiger partial charge in [-0.15, -0.1) is 0 Å². The first-order valence-corrected chi connectivity index (χ1v) is 9.20. The third kappa shape index (κ3) is 3.57. The zero-order valence-electron chi connectivity index (χ0n) is 14.7. The number of likely N-dealkylation sites (tertiary alicyclic amines) is 1. The van der Waals surface area contributed by atoms with Gasteiger partial charge in [0, 0.05) is 24.7 Å². The molecule has 5 nitrogen and oxygen atoms in total. The van der Waals surface area contributed by atoms with Gasteiger partial charge in [0.15, 0.2) is 0 Å². The van der Waals surface area contributed by atoms with Crippen molar-refractivity contribution in [3.8, 4) is 0 Å². The first-order chi connectivity index (χ1) is 12.8. The maximum Gasteiger partial charge on any atom is 0.255 e. The van der Waals surface area contributed by atoms with Gasteiger partial charge in [0.25, 0.3) is 5.91 Å². The number of nitrogens with zero attached hydrogens (tertiary/aromatic N) is 4. The molecule has 4 rings (SSSR count). The summed E-state index contributed by atoms with van der Waals surface area (Å²) in [6.07, 6.45) is 9.20. The number of carbonyl (C=O) groups is 1. The molecule has 1 unspecified atom stereocenters. The summed E-state index contributed by atoms with van der Waals surface area (Å²) in [7, 11) is 0. The second-order valence-corrected chi connectivity index (χ2v) is 6.92. The summed E-state index contributed by atoms with van der Waals surface area (Å²) in [5.41, 5.74) is 3.04. The number of fused-ring (bicyclic) bond motifs is 1. The molecule has 2 aromatic heterocycles. The minimum Gasteiger partial charge on any atom is -0.339 e. The van der Waals surface area contributed by atoms with Crippen LogP contribution in [0.5, 0.6) is 0 Å². The van der Waals surface area contributed by atoms with E-state index in [1.807, 2.05) is 17.2 Å². The van der Waals surface area contributed by atoms with Crippen molar-refractivity contribution in [2.75, 3.05) is 13.1 Å². The zero-order valence-corrected chi connectivity index (χ0v) is 14.7. The van der Waals surface area contributed by atoms with Crippen LogP contribution in [-0.2, 0) is 6.42 Å². The Balaban J connectivity index is 1.45. The molecule has 3 aromatic rings. The van der Waals surface area contributed by atoms with E-state index in [-0.39, 0.29) is 5.91 Å². The molecule has 5 heteroatoms. The van der Waals surface area contributed by atoms with Crippen LogP contribution in [-0.4, -0.2) is 39.1 Å². The highest BCUT2D eigenvalue weighted by molar-refractivity contribution is 5.93. The highest BCUT2D eigenvalue weighted by atomic mass is 16.2. The summed E-state index contributed by atoms with van der Waals surface area (Å²) in [6, 6.07) is 12.2. The van der Waals surface area contributed by atoms with Gasteiger partial charge in [0.2, 0.25) is 0 Å². The Morgan fingerprint density at radius 1 is 1.04 bits per heavy atom. The molecular weight excluding hydrogens is 324 g/mol. The summed E-state index contributed by atoms with van der Waals surface area (Å²) >= 11 is 0. The van der Waals surface area contributed by atoms with Crippen LogP contribution in [0.4, 0.5) is 0 Å². The number of para-hydroxylation sites is 1. The number of aromatic nitrogens is 3. The molecule has 1 amide bonds. The smallest absolute Gasteiger partial charge is 0.255 e. The average Bonchev–Trinajstić information content (AvgIpc) is 2.94. The zero-order chi connectivity index (χ0) is 17.8. The molecule has 0 bridgehead atoms. The number of rotatable bonds is 3.